The molecule has 0 aliphatic carbocycles. The number of aromatic nitrogens is 2. The van der Waals surface area contributed by atoms with Gasteiger partial charge in [0.1, 0.15) is 5.65 Å². The first kappa shape index (κ1) is 19.2. The van der Waals surface area contributed by atoms with Crippen LogP contribution in [0.1, 0.15) is 16.8 Å². The smallest absolute Gasteiger partial charge is 0.387 e. The van der Waals surface area contributed by atoms with Gasteiger partial charge >= 0.3 is 6.61 Å². The number of nitrogens with zero attached hydrogens (tertiary/aromatic N) is 2. The van der Waals surface area contributed by atoms with Crippen LogP contribution in [0.2, 0.25) is 0 Å². The molecule has 0 radical (unpaired) electrons. The van der Waals surface area contributed by atoms with Crippen LogP contribution in [-0.2, 0) is 11.5 Å². The lowest BCUT2D eigenvalue weighted by Crippen LogP contribution is -2.15. The molecule has 0 unspecified atom stereocenters. The van der Waals surface area contributed by atoms with Crippen LogP contribution in [0.25, 0.3) is 5.65 Å². The molecule has 2 heterocycles. The second-order valence-corrected chi connectivity index (χ2v) is 6.86. The molecule has 0 atom stereocenters. The minimum Gasteiger partial charge on any atom is -0.493 e. The average molecular weight is 392 g/mol. The molecule has 0 aliphatic heterocycles. The van der Waals surface area contributed by atoms with E-state index in [0.717, 1.165) is 11.1 Å². The van der Waals surface area contributed by atoms with E-state index in [1.807, 2.05) is 19.1 Å². The Balaban J connectivity index is 1.68. The highest BCUT2D eigenvalue weighted by Gasteiger charge is 2.11. The predicted octanol–water partition coefficient (Wildman–Crippen LogP) is 4.05. The molecule has 8 heteroatoms. The van der Waals surface area contributed by atoms with Gasteiger partial charge in [0.05, 0.1) is 12.8 Å². The molecule has 0 saturated heterocycles. The summed E-state index contributed by atoms with van der Waals surface area (Å²) in [5.74, 6) is 1.42. The fraction of sp³-hybridized carbons (Fsp3) is 0.263. The summed E-state index contributed by atoms with van der Waals surface area (Å²) in [5.41, 5.74) is 3.07. The van der Waals surface area contributed by atoms with Gasteiger partial charge in [0, 0.05) is 23.8 Å². The summed E-state index contributed by atoms with van der Waals surface area (Å²) in [4.78, 5) is 16.7. The van der Waals surface area contributed by atoms with Crippen LogP contribution >= 0.6 is 11.8 Å². The molecule has 142 valence electrons. The number of alkyl halides is 2. The van der Waals surface area contributed by atoms with Gasteiger partial charge in [0.2, 0.25) is 0 Å². The molecule has 0 bridgehead atoms. The third-order valence-corrected chi connectivity index (χ3v) is 4.86. The Bertz CT molecular complexity index is 1010. The number of halogens is 2. The highest BCUT2D eigenvalue weighted by atomic mass is 32.2. The maximum absolute atomic E-state index is 12.4. The molecule has 0 saturated carbocycles. The summed E-state index contributed by atoms with van der Waals surface area (Å²) in [6.07, 6.45) is 1.76. The minimum absolute atomic E-state index is 0.000704. The summed E-state index contributed by atoms with van der Waals surface area (Å²) >= 11 is 1.56. The second-order valence-electron chi connectivity index (χ2n) is 5.88. The molecule has 5 nitrogen and oxygen atoms in total. The van der Waals surface area contributed by atoms with Crippen LogP contribution < -0.4 is 15.0 Å². The predicted molar refractivity (Wildman–Crippen MR) is 101 cm³/mol. The van der Waals surface area contributed by atoms with Crippen molar-refractivity contribution in [3.63, 3.8) is 0 Å². The molecule has 1 aromatic carbocycles. The third kappa shape index (κ3) is 4.77. The van der Waals surface area contributed by atoms with Gasteiger partial charge in [-0.15, -0.1) is 0 Å². The summed E-state index contributed by atoms with van der Waals surface area (Å²) in [6, 6.07) is 10.1. The second kappa shape index (κ2) is 8.39. The molecule has 0 N–H and O–H groups in total. The summed E-state index contributed by atoms with van der Waals surface area (Å²) in [6.45, 7) is -0.984. The van der Waals surface area contributed by atoms with Crippen LogP contribution in [0, 0.1) is 6.92 Å². The zero-order valence-corrected chi connectivity index (χ0v) is 15.6. The molecule has 0 amide bonds. The molecular formula is C19H18F2N2O3S. The first-order chi connectivity index (χ1) is 13.0. The Morgan fingerprint density at radius 1 is 1.15 bits per heavy atom. The Hall–Kier alpha value is -2.61. The number of thioether (sulfide) groups is 1. The van der Waals surface area contributed by atoms with Crippen molar-refractivity contribution >= 4 is 17.4 Å². The van der Waals surface area contributed by atoms with Gasteiger partial charge < -0.3 is 9.47 Å². The van der Waals surface area contributed by atoms with Gasteiger partial charge in [-0.2, -0.15) is 20.5 Å². The van der Waals surface area contributed by atoms with Crippen molar-refractivity contribution < 1.29 is 18.3 Å². The summed E-state index contributed by atoms with van der Waals surface area (Å²) < 4.78 is 35.8. The fourth-order valence-corrected chi connectivity index (χ4v) is 3.48. The van der Waals surface area contributed by atoms with Crippen molar-refractivity contribution in [1.29, 1.82) is 0 Å². The highest BCUT2D eigenvalue weighted by Crippen LogP contribution is 2.31. The average Bonchev–Trinajstić information content (AvgIpc) is 2.63. The number of hydrogen-bond donors (Lipinski definition) is 0. The SMILES string of the molecule is COc1cc(CSCc2cc(=O)n3cc(C)ccc3n2)ccc1OC(F)F. The number of fused-ring (bicyclic) bond motifs is 1. The van der Waals surface area contributed by atoms with E-state index < -0.39 is 6.61 Å². The van der Waals surface area contributed by atoms with Crippen LogP contribution in [0.4, 0.5) is 8.78 Å². The molecule has 0 aliphatic rings. The molecule has 27 heavy (non-hydrogen) atoms. The van der Waals surface area contributed by atoms with E-state index in [0.29, 0.717) is 22.8 Å². The van der Waals surface area contributed by atoms with Crippen LogP contribution in [0.15, 0.2) is 47.4 Å². The number of aryl methyl sites for hydroxylation is 1. The molecule has 3 aromatic rings. The Labute approximate surface area is 159 Å². The first-order valence-corrected chi connectivity index (χ1v) is 9.30. The van der Waals surface area contributed by atoms with Gasteiger partial charge in [0.15, 0.2) is 11.5 Å². The molecule has 0 fully saturated rings. The van der Waals surface area contributed by atoms with Gasteiger partial charge in [-0.3, -0.25) is 9.20 Å². The maximum atomic E-state index is 12.4. The number of pyridine rings is 1. The lowest BCUT2D eigenvalue weighted by atomic mass is 10.2. The fourth-order valence-electron chi connectivity index (χ4n) is 2.60. The van der Waals surface area contributed by atoms with Gasteiger partial charge in [-0.1, -0.05) is 12.1 Å². The maximum Gasteiger partial charge on any atom is 0.387 e. The summed E-state index contributed by atoms with van der Waals surface area (Å²) in [5, 5.41) is 0. The highest BCUT2D eigenvalue weighted by molar-refractivity contribution is 7.97. The number of ether oxygens (including phenoxy) is 2. The minimum atomic E-state index is -2.90. The van der Waals surface area contributed by atoms with E-state index in [-0.39, 0.29) is 17.1 Å². The van der Waals surface area contributed by atoms with Crippen molar-refractivity contribution in [2.75, 3.05) is 7.11 Å². The van der Waals surface area contributed by atoms with E-state index in [1.54, 1.807) is 30.1 Å². The zero-order valence-electron chi connectivity index (χ0n) is 14.8. The van der Waals surface area contributed by atoms with E-state index in [9.17, 15) is 13.6 Å². The van der Waals surface area contributed by atoms with Crippen LogP contribution in [0.3, 0.4) is 0 Å². The number of benzene rings is 1. The van der Waals surface area contributed by atoms with E-state index >= 15 is 0 Å². The topological polar surface area (TPSA) is 52.8 Å². The summed E-state index contributed by atoms with van der Waals surface area (Å²) in [7, 11) is 1.40. The van der Waals surface area contributed by atoms with Gasteiger partial charge in [-0.25, -0.2) is 4.98 Å². The quantitative estimate of drug-likeness (QED) is 0.607. The van der Waals surface area contributed by atoms with Crippen LogP contribution in [0.5, 0.6) is 11.5 Å². The molecule has 0 spiro atoms. The lowest BCUT2D eigenvalue weighted by Gasteiger charge is -2.11. The largest absolute Gasteiger partial charge is 0.493 e. The van der Waals surface area contributed by atoms with E-state index in [4.69, 9.17) is 4.74 Å². The standard InChI is InChI=1S/C19H18F2N2O3S/c1-12-3-6-17-22-14(8-18(24)23(17)9-12)11-27-10-13-4-5-15(26-19(20)21)16(7-13)25-2/h3-9,19H,10-11H2,1-2H3. The zero-order chi connectivity index (χ0) is 19.4. The number of methoxy groups -OCH3 is 1. The monoisotopic (exact) mass is 392 g/mol. The van der Waals surface area contributed by atoms with Crippen LogP contribution in [-0.4, -0.2) is 23.1 Å². The first-order valence-electron chi connectivity index (χ1n) is 8.14. The number of hydrogen-bond acceptors (Lipinski definition) is 5. The van der Waals surface area contributed by atoms with Gasteiger partial charge in [-0.05, 0) is 36.2 Å². The molecular weight excluding hydrogens is 374 g/mol. The van der Waals surface area contributed by atoms with Crippen molar-refractivity contribution in [3.05, 3.63) is 69.8 Å². The molecule has 3 rings (SSSR count). The van der Waals surface area contributed by atoms with Crippen molar-refractivity contribution in [2.45, 2.75) is 25.0 Å². The number of rotatable bonds is 7. The lowest BCUT2D eigenvalue weighted by molar-refractivity contribution is -0.0512. The van der Waals surface area contributed by atoms with Crippen molar-refractivity contribution in [3.8, 4) is 11.5 Å². The van der Waals surface area contributed by atoms with Gasteiger partial charge in [0.25, 0.3) is 5.56 Å². The Morgan fingerprint density at radius 2 is 1.96 bits per heavy atom. The van der Waals surface area contributed by atoms with Crippen molar-refractivity contribution in [2.24, 2.45) is 0 Å². The Morgan fingerprint density at radius 3 is 2.70 bits per heavy atom. The van der Waals surface area contributed by atoms with Crippen molar-refractivity contribution in [1.82, 2.24) is 9.38 Å². The Kier molecular flexibility index (Phi) is 5.95. The third-order valence-electron chi connectivity index (χ3n) is 3.82. The van der Waals surface area contributed by atoms with E-state index in [2.05, 4.69) is 9.72 Å². The van der Waals surface area contributed by atoms with E-state index in [1.165, 1.54) is 23.6 Å². The molecule has 2 aromatic heterocycles. The normalized spacial score (nSPS) is 11.1.